The predicted octanol–water partition coefficient (Wildman–Crippen LogP) is 4.89. The Morgan fingerprint density at radius 3 is 2.66 bits per heavy atom. The van der Waals surface area contributed by atoms with Gasteiger partial charge in [-0.3, -0.25) is 4.79 Å². The van der Waals surface area contributed by atoms with E-state index in [1.807, 2.05) is 19.1 Å². The van der Waals surface area contributed by atoms with E-state index in [4.69, 9.17) is 10.5 Å². The molecule has 0 spiro atoms. The summed E-state index contributed by atoms with van der Waals surface area (Å²) in [6.45, 7) is 8.96. The van der Waals surface area contributed by atoms with Crippen LogP contribution in [0, 0.1) is 19.7 Å². The number of rotatable bonds is 6. The average molecular weight is 511 g/mol. The molecule has 10 nitrogen and oxygen atoms in total. The van der Waals surface area contributed by atoms with Gasteiger partial charge in [0.25, 0.3) is 5.91 Å². The van der Waals surface area contributed by atoms with Crippen molar-refractivity contribution < 1.29 is 13.9 Å². The number of nitrogens with zero attached hydrogens (tertiary/aromatic N) is 6. The molecular weight excluding hydrogens is 487 g/mol. The molecule has 1 amide bonds. The number of carbonyl (C=O) groups excluding carboxylic acids is 1. The summed E-state index contributed by atoms with van der Waals surface area (Å²) in [6, 6.07) is 11.7. The highest BCUT2D eigenvalue weighted by Crippen LogP contribution is 2.39. The van der Waals surface area contributed by atoms with Crippen LogP contribution in [0.5, 0.6) is 11.8 Å². The van der Waals surface area contributed by atoms with Gasteiger partial charge >= 0.3 is 6.01 Å². The fraction of sp³-hybridized carbons (Fsp3) is 0.111. The highest BCUT2D eigenvalue weighted by atomic mass is 19.1. The first-order valence-electron chi connectivity index (χ1n) is 11.6. The van der Waals surface area contributed by atoms with Crippen molar-refractivity contribution in [2.45, 2.75) is 20.8 Å². The molecule has 0 fully saturated rings. The van der Waals surface area contributed by atoms with Crippen molar-refractivity contribution in [1.29, 1.82) is 0 Å². The molecule has 190 valence electrons. The number of aromatic nitrogens is 6. The van der Waals surface area contributed by atoms with Gasteiger partial charge in [0.05, 0.1) is 0 Å². The third-order valence-electron chi connectivity index (χ3n) is 5.79. The predicted molar refractivity (Wildman–Crippen MR) is 141 cm³/mol. The molecule has 0 unspecified atom stereocenters. The molecule has 0 radical (unpaired) electrons. The Bertz CT molecular complexity index is 1730. The van der Waals surface area contributed by atoms with E-state index in [2.05, 4.69) is 37.0 Å². The molecule has 0 atom stereocenters. The minimum Gasteiger partial charge on any atom is -0.421 e. The number of halogens is 1. The SMILES string of the molecule is C=C(C)C(=O)Nc1ccc(-c2nn3ncnc(N)c3c2-c2ccc(Oc3nccc(C)n3)c(F)c2)c(C)c1. The third kappa shape index (κ3) is 4.64. The van der Waals surface area contributed by atoms with Crippen LogP contribution in [-0.2, 0) is 4.79 Å². The maximum atomic E-state index is 15.3. The number of hydrogen-bond donors (Lipinski definition) is 2. The zero-order chi connectivity index (χ0) is 27.0. The van der Waals surface area contributed by atoms with Crippen molar-refractivity contribution in [2.75, 3.05) is 11.1 Å². The molecule has 0 aliphatic rings. The molecule has 0 saturated carbocycles. The zero-order valence-corrected chi connectivity index (χ0v) is 20.9. The van der Waals surface area contributed by atoms with Crippen LogP contribution in [0.15, 0.2) is 67.1 Å². The van der Waals surface area contributed by atoms with Crippen LogP contribution < -0.4 is 15.8 Å². The van der Waals surface area contributed by atoms with Crippen LogP contribution in [0.2, 0.25) is 0 Å². The molecule has 0 saturated heterocycles. The minimum atomic E-state index is -0.622. The van der Waals surface area contributed by atoms with Crippen molar-refractivity contribution >= 4 is 22.9 Å². The van der Waals surface area contributed by atoms with Gasteiger partial charge in [-0.15, -0.1) is 14.8 Å². The molecule has 11 heteroatoms. The van der Waals surface area contributed by atoms with E-state index in [-0.39, 0.29) is 23.5 Å². The van der Waals surface area contributed by atoms with Crippen LogP contribution in [0.3, 0.4) is 0 Å². The number of aryl methyl sites for hydroxylation is 2. The summed E-state index contributed by atoms with van der Waals surface area (Å²) in [7, 11) is 0. The van der Waals surface area contributed by atoms with Crippen molar-refractivity contribution in [2.24, 2.45) is 0 Å². The fourth-order valence-electron chi connectivity index (χ4n) is 3.94. The van der Waals surface area contributed by atoms with Crippen molar-refractivity contribution in [3.05, 3.63) is 84.2 Å². The summed E-state index contributed by atoms with van der Waals surface area (Å²) in [5, 5.41) is 11.6. The standard InChI is InChI=1S/C27H23FN8O2/c1-14(2)26(37)34-18-6-7-19(15(3)11-18)23-22(24-25(29)31-13-32-36(24)35-23)17-5-8-21(20(28)12-17)38-27-30-10-9-16(4)33-27/h5-13H,1H2,2-4H3,(H,34,37)(H2,29,31,32). The second kappa shape index (κ2) is 9.69. The number of nitrogens with two attached hydrogens (primary N) is 1. The topological polar surface area (TPSA) is 133 Å². The summed E-state index contributed by atoms with van der Waals surface area (Å²) < 4.78 is 22.2. The van der Waals surface area contributed by atoms with Crippen molar-refractivity contribution in [3.8, 4) is 34.1 Å². The van der Waals surface area contributed by atoms with Gasteiger partial charge < -0.3 is 15.8 Å². The van der Waals surface area contributed by atoms with Gasteiger partial charge in [-0.05, 0) is 62.2 Å². The largest absolute Gasteiger partial charge is 0.421 e. The number of carbonyl (C=O) groups is 1. The second-order valence-corrected chi connectivity index (χ2v) is 8.70. The summed E-state index contributed by atoms with van der Waals surface area (Å²) in [4.78, 5) is 24.3. The van der Waals surface area contributed by atoms with E-state index >= 15 is 4.39 Å². The Hall–Kier alpha value is -5.19. The summed E-state index contributed by atoms with van der Waals surface area (Å²) in [5.74, 6) is -0.744. The summed E-state index contributed by atoms with van der Waals surface area (Å²) in [5.41, 5.74) is 11.4. The third-order valence-corrected chi connectivity index (χ3v) is 5.79. The highest BCUT2D eigenvalue weighted by molar-refractivity contribution is 6.03. The average Bonchev–Trinajstić information content (AvgIpc) is 3.26. The molecule has 5 aromatic rings. The van der Waals surface area contributed by atoms with E-state index < -0.39 is 5.82 Å². The monoisotopic (exact) mass is 510 g/mol. The smallest absolute Gasteiger partial charge is 0.322 e. The quantitative estimate of drug-likeness (QED) is 0.308. The number of benzene rings is 2. The lowest BCUT2D eigenvalue weighted by molar-refractivity contribution is -0.112. The van der Waals surface area contributed by atoms with Gasteiger partial charge in [0, 0.05) is 34.3 Å². The second-order valence-electron chi connectivity index (χ2n) is 8.70. The maximum Gasteiger partial charge on any atom is 0.322 e. The maximum absolute atomic E-state index is 15.3. The lowest BCUT2D eigenvalue weighted by atomic mass is 9.96. The molecule has 3 N–H and O–H groups in total. The van der Waals surface area contributed by atoms with Crippen molar-refractivity contribution in [1.82, 2.24) is 29.8 Å². The van der Waals surface area contributed by atoms with Gasteiger partial charge in [0.1, 0.15) is 17.5 Å². The zero-order valence-electron chi connectivity index (χ0n) is 20.9. The van der Waals surface area contributed by atoms with Crippen LogP contribution in [0.4, 0.5) is 15.9 Å². The first-order chi connectivity index (χ1) is 18.2. The number of fused-ring (bicyclic) bond motifs is 1. The molecule has 3 aromatic heterocycles. The summed E-state index contributed by atoms with van der Waals surface area (Å²) >= 11 is 0. The Morgan fingerprint density at radius 2 is 1.95 bits per heavy atom. The lowest BCUT2D eigenvalue weighted by Crippen LogP contribution is -2.11. The molecule has 0 aliphatic heterocycles. The van der Waals surface area contributed by atoms with Crippen LogP contribution >= 0.6 is 0 Å². The van der Waals surface area contributed by atoms with E-state index in [1.165, 1.54) is 29.3 Å². The molecular formula is C27H23FN8O2. The molecule has 38 heavy (non-hydrogen) atoms. The van der Waals surface area contributed by atoms with E-state index in [0.717, 1.165) is 11.1 Å². The Balaban J connectivity index is 1.61. The van der Waals surface area contributed by atoms with E-state index in [9.17, 15) is 4.79 Å². The Morgan fingerprint density at radius 1 is 1.13 bits per heavy atom. The first kappa shape index (κ1) is 24.5. The fourth-order valence-corrected chi connectivity index (χ4v) is 3.94. The molecule has 0 bridgehead atoms. The number of amides is 1. The number of anilines is 2. The first-order valence-corrected chi connectivity index (χ1v) is 11.6. The number of nitrogens with one attached hydrogen (secondary N) is 1. The molecule has 2 aromatic carbocycles. The number of ether oxygens (including phenoxy) is 1. The van der Waals surface area contributed by atoms with Crippen molar-refractivity contribution in [3.63, 3.8) is 0 Å². The molecule has 3 heterocycles. The van der Waals surface area contributed by atoms with Gasteiger partial charge in [-0.1, -0.05) is 18.7 Å². The highest BCUT2D eigenvalue weighted by Gasteiger charge is 2.22. The molecule has 0 aliphatic carbocycles. The van der Waals surface area contributed by atoms with Gasteiger partial charge in [0.2, 0.25) is 0 Å². The van der Waals surface area contributed by atoms with Crippen LogP contribution in [0.1, 0.15) is 18.2 Å². The number of hydrogen-bond acceptors (Lipinski definition) is 8. The number of nitrogen functional groups attached to an aromatic ring is 1. The summed E-state index contributed by atoms with van der Waals surface area (Å²) in [6.07, 6.45) is 2.83. The lowest BCUT2D eigenvalue weighted by Gasteiger charge is -2.11. The Kier molecular flexibility index (Phi) is 6.25. The normalized spacial score (nSPS) is 10.9. The van der Waals surface area contributed by atoms with Crippen LogP contribution in [0.25, 0.3) is 27.9 Å². The van der Waals surface area contributed by atoms with Crippen LogP contribution in [-0.4, -0.2) is 35.7 Å². The minimum absolute atomic E-state index is 0.0321. The van der Waals surface area contributed by atoms with Gasteiger partial charge in [-0.2, -0.15) is 0 Å². The van der Waals surface area contributed by atoms with E-state index in [0.29, 0.717) is 39.3 Å². The molecule has 5 rings (SSSR count). The van der Waals surface area contributed by atoms with E-state index in [1.54, 1.807) is 32.0 Å². The Labute approximate surface area is 217 Å². The van der Waals surface area contributed by atoms with Gasteiger partial charge in [0.15, 0.2) is 17.4 Å². The van der Waals surface area contributed by atoms with Gasteiger partial charge in [-0.25, -0.2) is 19.3 Å².